The third-order valence-corrected chi connectivity index (χ3v) is 4.75. The van der Waals surface area contributed by atoms with Gasteiger partial charge in [0.25, 0.3) is 16.1 Å². The number of piperidine rings is 1. The number of urea groups is 1. The first-order valence-electron chi connectivity index (χ1n) is 5.22. The smallest absolute Gasteiger partial charge is 0.322 e. The van der Waals surface area contributed by atoms with Crippen LogP contribution in [0.4, 0.5) is 4.79 Å². The van der Waals surface area contributed by atoms with E-state index in [2.05, 4.69) is 15.4 Å². The first-order chi connectivity index (χ1) is 7.89. The van der Waals surface area contributed by atoms with Crippen LogP contribution in [0.3, 0.4) is 0 Å². The highest BCUT2D eigenvalue weighted by atomic mass is 32.2. The van der Waals surface area contributed by atoms with E-state index in [0.717, 1.165) is 0 Å². The van der Waals surface area contributed by atoms with E-state index in [4.69, 9.17) is 0 Å². The highest BCUT2D eigenvalue weighted by Gasteiger charge is 2.49. The molecule has 0 aromatic carbocycles. The Morgan fingerprint density at radius 3 is 2.29 bits per heavy atom. The minimum atomic E-state index is -3.46. The zero-order chi connectivity index (χ0) is 12.7. The minimum absolute atomic E-state index is 0.205. The maximum atomic E-state index is 11.6. The molecule has 2 aliphatic heterocycles. The molecule has 0 bridgehead atoms. The van der Waals surface area contributed by atoms with Crippen LogP contribution in [0.5, 0.6) is 0 Å². The molecule has 2 aliphatic rings. The molecular weight excluding hydrogens is 248 g/mol. The van der Waals surface area contributed by atoms with Crippen LogP contribution < -0.4 is 15.4 Å². The molecule has 0 aromatic heterocycles. The lowest BCUT2D eigenvalue weighted by atomic mass is 9.89. The summed E-state index contributed by atoms with van der Waals surface area (Å²) in [5.41, 5.74) is -0.934. The second-order valence-electron chi connectivity index (χ2n) is 4.10. The van der Waals surface area contributed by atoms with E-state index >= 15 is 0 Å². The molecule has 2 rings (SSSR count). The molecule has 0 saturated carbocycles. The molecule has 3 amide bonds. The molecule has 9 heteroatoms. The van der Waals surface area contributed by atoms with Gasteiger partial charge in [0.05, 0.1) is 0 Å². The minimum Gasteiger partial charge on any atom is -0.323 e. The van der Waals surface area contributed by atoms with Crippen molar-refractivity contribution in [3.8, 4) is 0 Å². The first kappa shape index (κ1) is 12.3. The van der Waals surface area contributed by atoms with E-state index in [0.29, 0.717) is 0 Å². The molecule has 2 heterocycles. The van der Waals surface area contributed by atoms with Crippen LogP contribution in [-0.4, -0.2) is 50.3 Å². The fraction of sp³-hybridized carbons (Fsp3) is 0.750. The average molecular weight is 262 g/mol. The van der Waals surface area contributed by atoms with Crippen molar-refractivity contribution in [2.75, 3.05) is 20.1 Å². The van der Waals surface area contributed by atoms with E-state index in [1.807, 2.05) is 0 Å². The van der Waals surface area contributed by atoms with Crippen molar-refractivity contribution in [2.45, 2.75) is 18.4 Å². The standard InChI is InChI=1S/C8H14N4O4S/c1-9-17(15,16)12-4-2-8(3-5-12)6(13)10-7(14)11-8/h9H,2-5H2,1H3,(H2,10,11,13,14). The molecule has 3 N–H and O–H groups in total. The van der Waals surface area contributed by atoms with Crippen molar-refractivity contribution in [1.29, 1.82) is 0 Å². The number of nitrogens with zero attached hydrogens (tertiary/aromatic N) is 1. The quantitative estimate of drug-likeness (QED) is 0.506. The van der Waals surface area contributed by atoms with Gasteiger partial charge in [-0.15, -0.1) is 0 Å². The molecule has 17 heavy (non-hydrogen) atoms. The molecule has 0 aromatic rings. The summed E-state index contributed by atoms with van der Waals surface area (Å²) in [5, 5.41) is 4.74. The van der Waals surface area contributed by atoms with E-state index in [9.17, 15) is 18.0 Å². The fourth-order valence-corrected chi connectivity index (χ4v) is 3.04. The fourth-order valence-electron chi connectivity index (χ4n) is 2.12. The van der Waals surface area contributed by atoms with Crippen molar-refractivity contribution in [3.05, 3.63) is 0 Å². The third kappa shape index (κ3) is 2.01. The topological polar surface area (TPSA) is 108 Å². The number of carbonyl (C=O) groups is 2. The molecule has 2 fully saturated rings. The van der Waals surface area contributed by atoms with Gasteiger partial charge in [0.1, 0.15) is 5.54 Å². The van der Waals surface area contributed by atoms with Crippen molar-refractivity contribution >= 4 is 22.1 Å². The molecule has 0 unspecified atom stereocenters. The number of hydrogen-bond acceptors (Lipinski definition) is 4. The van der Waals surface area contributed by atoms with Gasteiger partial charge in [0, 0.05) is 20.1 Å². The number of amides is 3. The second kappa shape index (κ2) is 3.93. The van der Waals surface area contributed by atoms with Crippen molar-refractivity contribution in [3.63, 3.8) is 0 Å². The summed E-state index contributed by atoms with van der Waals surface area (Å²) in [5.74, 6) is -0.371. The van der Waals surface area contributed by atoms with Gasteiger partial charge in [-0.25, -0.2) is 9.52 Å². The van der Waals surface area contributed by atoms with Gasteiger partial charge < -0.3 is 5.32 Å². The third-order valence-electron chi connectivity index (χ3n) is 3.19. The molecule has 96 valence electrons. The summed E-state index contributed by atoms with van der Waals surface area (Å²) in [7, 11) is -2.12. The van der Waals surface area contributed by atoms with Gasteiger partial charge in [-0.1, -0.05) is 0 Å². The number of rotatable bonds is 2. The molecular formula is C8H14N4O4S. The Morgan fingerprint density at radius 1 is 1.29 bits per heavy atom. The Hall–Kier alpha value is -1.19. The van der Waals surface area contributed by atoms with Crippen molar-refractivity contribution < 1.29 is 18.0 Å². The van der Waals surface area contributed by atoms with Crippen LogP contribution in [-0.2, 0) is 15.0 Å². The van der Waals surface area contributed by atoms with E-state index in [1.165, 1.54) is 11.4 Å². The normalized spacial score (nSPS) is 24.8. The summed E-state index contributed by atoms with van der Waals surface area (Å²) < 4.78 is 26.5. The van der Waals surface area contributed by atoms with E-state index in [1.54, 1.807) is 0 Å². The molecule has 0 aliphatic carbocycles. The van der Waals surface area contributed by atoms with E-state index < -0.39 is 21.8 Å². The van der Waals surface area contributed by atoms with Crippen LogP contribution in [0.2, 0.25) is 0 Å². The monoisotopic (exact) mass is 262 g/mol. The summed E-state index contributed by atoms with van der Waals surface area (Å²) in [6.45, 7) is 0.410. The van der Waals surface area contributed by atoms with Gasteiger partial charge in [0.2, 0.25) is 0 Å². The number of nitrogens with one attached hydrogen (secondary N) is 3. The predicted molar refractivity (Wildman–Crippen MR) is 58.2 cm³/mol. The van der Waals surface area contributed by atoms with Crippen LogP contribution >= 0.6 is 0 Å². The summed E-state index contributed by atoms with van der Waals surface area (Å²) in [4.78, 5) is 22.7. The largest absolute Gasteiger partial charge is 0.323 e. The number of carbonyl (C=O) groups excluding carboxylic acids is 2. The van der Waals surface area contributed by atoms with Gasteiger partial charge in [-0.2, -0.15) is 12.7 Å². The SMILES string of the molecule is CNS(=O)(=O)N1CCC2(CC1)NC(=O)NC2=O. The Bertz CT molecular complexity index is 452. The van der Waals surface area contributed by atoms with Crippen LogP contribution in [0, 0.1) is 0 Å². The Kier molecular flexibility index (Phi) is 2.84. The first-order valence-corrected chi connectivity index (χ1v) is 6.66. The Morgan fingerprint density at radius 2 is 1.88 bits per heavy atom. The number of hydrogen-bond donors (Lipinski definition) is 3. The van der Waals surface area contributed by atoms with Gasteiger partial charge in [-0.05, 0) is 12.8 Å². The maximum absolute atomic E-state index is 11.6. The average Bonchev–Trinajstić information content (AvgIpc) is 2.54. The van der Waals surface area contributed by atoms with Crippen molar-refractivity contribution in [2.24, 2.45) is 0 Å². The Balaban J connectivity index is 2.09. The van der Waals surface area contributed by atoms with Gasteiger partial charge in [0.15, 0.2) is 0 Å². The van der Waals surface area contributed by atoms with Gasteiger partial charge in [-0.3, -0.25) is 10.1 Å². The Labute approximate surface area is 98.9 Å². The summed E-state index contributed by atoms with van der Waals surface area (Å²) in [6.07, 6.45) is 0.566. The number of imide groups is 1. The lowest BCUT2D eigenvalue weighted by Gasteiger charge is -2.35. The molecule has 2 saturated heterocycles. The molecule has 1 spiro atoms. The zero-order valence-electron chi connectivity index (χ0n) is 9.32. The summed E-state index contributed by atoms with van der Waals surface area (Å²) in [6, 6.07) is -0.514. The maximum Gasteiger partial charge on any atom is 0.322 e. The van der Waals surface area contributed by atoms with E-state index in [-0.39, 0.29) is 31.8 Å². The summed E-state index contributed by atoms with van der Waals surface area (Å²) >= 11 is 0. The second-order valence-corrected chi connectivity index (χ2v) is 5.97. The predicted octanol–water partition coefficient (Wildman–Crippen LogP) is -1.88. The molecule has 0 radical (unpaired) electrons. The van der Waals surface area contributed by atoms with Crippen LogP contribution in [0.25, 0.3) is 0 Å². The highest BCUT2D eigenvalue weighted by Crippen LogP contribution is 2.26. The van der Waals surface area contributed by atoms with Crippen molar-refractivity contribution in [1.82, 2.24) is 19.7 Å². The van der Waals surface area contributed by atoms with Gasteiger partial charge >= 0.3 is 6.03 Å². The highest BCUT2D eigenvalue weighted by molar-refractivity contribution is 7.87. The lowest BCUT2D eigenvalue weighted by molar-refractivity contribution is -0.125. The molecule has 0 atom stereocenters. The lowest BCUT2D eigenvalue weighted by Crippen LogP contribution is -2.56. The van der Waals surface area contributed by atoms with Crippen LogP contribution in [0.15, 0.2) is 0 Å². The zero-order valence-corrected chi connectivity index (χ0v) is 10.1. The molecule has 8 nitrogen and oxygen atoms in total. The van der Waals surface area contributed by atoms with Crippen LogP contribution in [0.1, 0.15) is 12.8 Å².